The molecule has 1 aliphatic heterocycles. The van der Waals surface area contributed by atoms with Crippen molar-refractivity contribution in [2.45, 2.75) is 70.4 Å². The summed E-state index contributed by atoms with van der Waals surface area (Å²) in [5.41, 5.74) is 0.179. The molecule has 0 spiro atoms. The molecule has 1 saturated carbocycles. The molecular formula is C12H21NO. The van der Waals surface area contributed by atoms with Gasteiger partial charge in [-0.3, -0.25) is 0 Å². The van der Waals surface area contributed by atoms with Crippen LogP contribution in [0.2, 0.25) is 0 Å². The Kier molecular flexibility index (Phi) is 2.80. The van der Waals surface area contributed by atoms with Gasteiger partial charge in [-0.25, -0.2) is 4.99 Å². The van der Waals surface area contributed by atoms with Crippen molar-refractivity contribution in [1.82, 2.24) is 0 Å². The summed E-state index contributed by atoms with van der Waals surface area (Å²) in [7, 11) is 0. The van der Waals surface area contributed by atoms with Crippen molar-refractivity contribution >= 4 is 5.90 Å². The molecule has 1 fully saturated rings. The maximum absolute atomic E-state index is 5.92. The van der Waals surface area contributed by atoms with E-state index < -0.39 is 0 Å². The number of hydrogen-bond donors (Lipinski definition) is 0. The van der Waals surface area contributed by atoms with Gasteiger partial charge in [0.05, 0.1) is 0 Å². The number of rotatable bonds is 3. The molecule has 0 N–H and O–H groups in total. The molecule has 1 aliphatic carbocycles. The number of nitrogens with zero attached hydrogens (tertiary/aromatic N) is 1. The van der Waals surface area contributed by atoms with Gasteiger partial charge in [-0.05, 0) is 25.7 Å². The Hall–Kier alpha value is -0.530. The predicted molar refractivity (Wildman–Crippen MR) is 58.7 cm³/mol. The second kappa shape index (κ2) is 3.92. The molecule has 80 valence electrons. The molecule has 2 rings (SSSR count). The summed E-state index contributed by atoms with van der Waals surface area (Å²) in [4.78, 5) is 4.84. The average molecular weight is 195 g/mol. The Morgan fingerprint density at radius 1 is 1.43 bits per heavy atom. The first-order chi connectivity index (χ1) is 6.80. The van der Waals surface area contributed by atoms with Crippen LogP contribution in [0, 0.1) is 0 Å². The molecule has 0 radical (unpaired) electrons. The Morgan fingerprint density at radius 3 is 3.00 bits per heavy atom. The van der Waals surface area contributed by atoms with Gasteiger partial charge >= 0.3 is 0 Å². The van der Waals surface area contributed by atoms with E-state index in [1.807, 2.05) is 0 Å². The second-order valence-corrected chi connectivity index (χ2v) is 4.56. The van der Waals surface area contributed by atoms with E-state index in [-0.39, 0.29) is 5.54 Å². The summed E-state index contributed by atoms with van der Waals surface area (Å²) in [6.45, 7) is 4.38. The largest absolute Gasteiger partial charge is 0.475 e. The van der Waals surface area contributed by atoms with Crippen molar-refractivity contribution in [3.05, 3.63) is 0 Å². The van der Waals surface area contributed by atoms with Crippen LogP contribution in [-0.2, 0) is 4.74 Å². The molecule has 0 saturated heterocycles. The van der Waals surface area contributed by atoms with E-state index in [0.717, 1.165) is 12.3 Å². The Labute approximate surface area is 86.8 Å². The van der Waals surface area contributed by atoms with Crippen LogP contribution in [0.15, 0.2) is 4.99 Å². The highest BCUT2D eigenvalue weighted by molar-refractivity contribution is 5.78. The van der Waals surface area contributed by atoms with Crippen molar-refractivity contribution in [1.29, 1.82) is 0 Å². The maximum atomic E-state index is 5.92. The molecular weight excluding hydrogens is 174 g/mol. The first-order valence-corrected chi connectivity index (χ1v) is 6.06. The third-order valence-electron chi connectivity index (χ3n) is 3.54. The smallest absolute Gasteiger partial charge is 0.184 e. The van der Waals surface area contributed by atoms with E-state index in [4.69, 9.17) is 9.73 Å². The molecule has 0 aromatic rings. The van der Waals surface area contributed by atoms with E-state index in [1.165, 1.54) is 38.5 Å². The average Bonchev–Trinajstić information content (AvgIpc) is 2.56. The third-order valence-corrected chi connectivity index (χ3v) is 3.54. The number of aliphatic imine (C=N–C) groups is 1. The molecule has 0 aromatic heterocycles. The molecule has 2 nitrogen and oxygen atoms in total. The van der Waals surface area contributed by atoms with Crippen LogP contribution in [0.25, 0.3) is 0 Å². The van der Waals surface area contributed by atoms with Gasteiger partial charge in [-0.2, -0.15) is 0 Å². The highest BCUT2D eigenvalue weighted by Crippen LogP contribution is 2.41. The zero-order valence-corrected chi connectivity index (χ0v) is 9.38. The van der Waals surface area contributed by atoms with Crippen molar-refractivity contribution in [3.8, 4) is 0 Å². The molecule has 0 amide bonds. The zero-order chi connectivity index (χ0) is 10.0. The Morgan fingerprint density at radius 2 is 2.29 bits per heavy atom. The lowest BCUT2D eigenvalue weighted by molar-refractivity contribution is 0.0852. The van der Waals surface area contributed by atoms with E-state index in [0.29, 0.717) is 6.10 Å². The van der Waals surface area contributed by atoms with Gasteiger partial charge in [-0.1, -0.05) is 26.7 Å². The van der Waals surface area contributed by atoms with Crippen LogP contribution >= 0.6 is 0 Å². The second-order valence-electron chi connectivity index (χ2n) is 4.56. The van der Waals surface area contributed by atoms with Crippen LogP contribution < -0.4 is 0 Å². The SMILES string of the molecule is CCC[C@@]12CCCC[C@@H]1OC(CC)=N2. The Balaban J connectivity index is 2.17. The molecule has 0 bridgehead atoms. The van der Waals surface area contributed by atoms with Gasteiger partial charge in [0.1, 0.15) is 11.6 Å². The fraction of sp³-hybridized carbons (Fsp3) is 0.917. The van der Waals surface area contributed by atoms with Crippen LogP contribution in [0.5, 0.6) is 0 Å². The lowest BCUT2D eigenvalue weighted by Gasteiger charge is -2.35. The van der Waals surface area contributed by atoms with Crippen molar-refractivity contribution in [3.63, 3.8) is 0 Å². The summed E-state index contributed by atoms with van der Waals surface area (Å²) >= 11 is 0. The van der Waals surface area contributed by atoms with Crippen LogP contribution in [-0.4, -0.2) is 17.5 Å². The minimum absolute atomic E-state index is 0.179. The van der Waals surface area contributed by atoms with Crippen LogP contribution in [0.3, 0.4) is 0 Å². The molecule has 2 atom stereocenters. The van der Waals surface area contributed by atoms with Gasteiger partial charge in [-0.15, -0.1) is 0 Å². The number of fused-ring (bicyclic) bond motifs is 1. The molecule has 14 heavy (non-hydrogen) atoms. The van der Waals surface area contributed by atoms with Gasteiger partial charge in [0.2, 0.25) is 0 Å². The first kappa shape index (κ1) is 10.0. The summed E-state index contributed by atoms with van der Waals surface area (Å²) in [5, 5.41) is 0. The van der Waals surface area contributed by atoms with E-state index in [1.54, 1.807) is 0 Å². The standard InChI is InChI=1S/C12H21NO/c1-3-8-12-9-6-5-7-10(12)14-11(4-2)13-12/h10H,3-9H2,1-2H3/t10-,12+/m0/s1. The maximum Gasteiger partial charge on any atom is 0.184 e. The molecule has 2 aliphatic rings. The van der Waals surface area contributed by atoms with Crippen molar-refractivity contribution in [2.75, 3.05) is 0 Å². The van der Waals surface area contributed by atoms with Crippen LogP contribution in [0.1, 0.15) is 58.8 Å². The van der Waals surface area contributed by atoms with Gasteiger partial charge in [0, 0.05) is 6.42 Å². The summed E-state index contributed by atoms with van der Waals surface area (Å²) in [5.74, 6) is 1.00. The van der Waals surface area contributed by atoms with E-state index >= 15 is 0 Å². The quantitative estimate of drug-likeness (QED) is 0.677. The topological polar surface area (TPSA) is 21.6 Å². The fourth-order valence-corrected chi connectivity index (χ4v) is 2.86. The van der Waals surface area contributed by atoms with Gasteiger partial charge in [0.25, 0.3) is 0 Å². The monoisotopic (exact) mass is 195 g/mol. The summed E-state index contributed by atoms with van der Waals surface area (Å²) in [6.07, 6.45) is 8.92. The fourth-order valence-electron chi connectivity index (χ4n) is 2.86. The number of ether oxygens (including phenoxy) is 1. The highest BCUT2D eigenvalue weighted by atomic mass is 16.5. The lowest BCUT2D eigenvalue weighted by Crippen LogP contribution is -2.40. The highest BCUT2D eigenvalue weighted by Gasteiger charge is 2.45. The molecule has 2 heteroatoms. The van der Waals surface area contributed by atoms with Crippen LogP contribution in [0.4, 0.5) is 0 Å². The number of hydrogen-bond acceptors (Lipinski definition) is 2. The molecule has 1 heterocycles. The minimum atomic E-state index is 0.179. The third kappa shape index (κ3) is 1.55. The van der Waals surface area contributed by atoms with Crippen molar-refractivity contribution < 1.29 is 4.74 Å². The predicted octanol–water partition coefficient (Wildman–Crippen LogP) is 3.31. The molecule has 0 aromatic carbocycles. The summed E-state index contributed by atoms with van der Waals surface area (Å²) in [6, 6.07) is 0. The normalized spacial score (nSPS) is 36.1. The lowest BCUT2D eigenvalue weighted by atomic mass is 9.77. The molecule has 0 unspecified atom stereocenters. The van der Waals surface area contributed by atoms with Gasteiger partial charge in [0.15, 0.2) is 5.90 Å². The minimum Gasteiger partial charge on any atom is -0.475 e. The van der Waals surface area contributed by atoms with E-state index in [9.17, 15) is 0 Å². The first-order valence-electron chi connectivity index (χ1n) is 6.06. The summed E-state index contributed by atoms with van der Waals surface area (Å²) < 4.78 is 5.92. The van der Waals surface area contributed by atoms with E-state index in [2.05, 4.69) is 13.8 Å². The Bertz CT molecular complexity index is 232. The zero-order valence-electron chi connectivity index (χ0n) is 9.38. The van der Waals surface area contributed by atoms with Crippen molar-refractivity contribution in [2.24, 2.45) is 4.99 Å². The van der Waals surface area contributed by atoms with Gasteiger partial charge < -0.3 is 4.74 Å².